The van der Waals surface area contributed by atoms with Crippen LogP contribution in [0.3, 0.4) is 0 Å². The van der Waals surface area contributed by atoms with Crippen LogP contribution in [0.4, 0.5) is 0 Å². The van der Waals surface area contributed by atoms with E-state index in [1.165, 1.54) is 6.20 Å². The molecular formula is C14H18ClN3O2. The first-order valence-electron chi connectivity index (χ1n) is 6.80. The maximum absolute atomic E-state index is 12.3. The molecule has 6 heteroatoms. The Morgan fingerprint density at radius 3 is 2.55 bits per heavy atom. The lowest BCUT2D eigenvalue weighted by Crippen LogP contribution is -2.37. The first kappa shape index (κ1) is 14.8. The summed E-state index contributed by atoms with van der Waals surface area (Å²) in [7, 11) is 0. The summed E-state index contributed by atoms with van der Waals surface area (Å²) in [5.74, 6) is 0.0902. The number of amides is 2. The normalized spacial score (nSPS) is 15.9. The number of halogens is 1. The molecule has 2 amide bonds. The van der Waals surface area contributed by atoms with Crippen molar-refractivity contribution in [2.24, 2.45) is 0 Å². The fraction of sp³-hybridized carbons (Fsp3) is 0.500. The molecule has 0 spiro atoms. The first-order valence-corrected chi connectivity index (χ1v) is 7.18. The van der Waals surface area contributed by atoms with Crippen LogP contribution in [0.5, 0.6) is 0 Å². The van der Waals surface area contributed by atoms with Gasteiger partial charge in [-0.05, 0) is 18.6 Å². The molecule has 20 heavy (non-hydrogen) atoms. The Labute approximate surface area is 123 Å². The Morgan fingerprint density at radius 2 is 1.90 bits per heavy atom. The Balaban J connectivity index is 2.01. The van der Waals surface area contributed by atoms with E-state index in [1.54, 1.807) is 17.0 Å². The van der Waals surface area contributed by atoms with E-state index in [0.29, 0.717) is 36.8 Å². The lowest BCUT2D eigenvalue weighted by Gasteiger charge is -2.21. The van der Waals surface area contributed by atoms with Gasteiger partial charge >= 0.3 is 0 Å². The van der Waals surface area contributed by atoms with Crippen molar-refractivity contribution in [2.45, 2.75) is 19.8 Å². The van der Waals surface area contributed by atoms with E-state index < -0.39 is 0 Å². The van der Waals surface area contributed by atoms with Crippen molar-refractivity contribution >= 4 is 23.4 Å². The maximum Gasteiger partial charge on any atom is 0.255 e. The van der Waals surface area contributed by atoms with Crippen LogP contribution in [-0.2, 0) is 4.79 Å². The molecule has 1 saturated heterocycles. The molecule has 1 fully saturated rings. The van der Waals surface area contributed by atoms with Crippen molar-refractivity contribution in [3.63, 3.8) is 0 Å². The van der Waals surface area contributed by atoms with Gasteiger partial charge in [0, 0.05) is 38.8 Å². The van der Waals surface area contributed by atoms with Gasteiger partial charge in [0.2, 0.25) is 5.91 Å². The molecule has 0 bridgehead atoms. The Kier molecular flexibility index (Phi) is 4.95. The second-order valence-corrected chi connectivity index (χ2v) is 5.14. The van der Waals surface area contributed by atoms with Gasteiger partial charge in [-0.25, -0.2) is 4.98 Å². The lowest BCUT2D eigenvalue weighted by atomic mass is 10.2. The van der Waals surface area contributed by atoms with Crippen LogP contribution in [0.1, 0.15) is 30.1 Å². The van der Waals surface area contributed by atoms with E-state index in [-0.39, 0.29) is 11.8 Å². The number of aromatic nitrogens is 1. The van der Waals surface area contributed by atoms with Gasteiger partial charge in [0.15, 0.2) is 0 Å². The molecule has 1 aromatic rings. The van der Waals surface area contributed by atoms with E-state index in [4.69, 9.17) is 11.6 Å². The largest absolute Gasteiger partial charge is 0.341 e. The number of hydrogen-bond acceptors (Lipinski definition) is 3. The third-order valence-electron chi connectivity index (χ3n) is 3.41. The minimum atomic E-state index is -0.0556. The number of hydrogen-bond donors (Lipinski definition) is 0. The van der Waals surface area contributed by atoms with E-state index in [9.17, 15) is 9.59 Å². The van der Waals surface area contributed by atoms with Crippen LogP contribution < -0.4 is 0 Å². The maximum atomic E-state index is 12.3. The third-order valence-corrected chi connectivity index (χ3v) is 3.64. The van der Waals surface area contributed by atoms with Crippen molar-refractivity contribution in [1.82, 2.24) is 14.8 Å². The standard InChI is InChI=1S/C14H18ClN3O2/c1-2-13(19)17-6-3-7-18(9-8-17)14(20)11-4-5-12(15)16-10-11/h4-5,10H,2-3,6-9H2,1H3. The average Bonchev–Trinajstić information content (AvgIpc) is 2.72. The zero-order chi connectivity index (χ0) is 14.5. The molecule has 0 N–H and O–H groups in total. The molecule has 0 aromatic carbocycles. The third kappa shape index (κ3) is 3.48. The second kappa shape index (κ2) is 6.70. The zero-order valence-electron chi connectivity index (χ0n) is 11.5. The molecular weight excluding hydrogens is 278 g/mol. The number of nitrogens with zero attached hydrogens (tertiary/aromatic N) is 3. The summed E-state index contributed by atoms with van der Waals surface area (Å²) in [6.45, 7) is 4.40. The summed E-state index contributed by atoms with van der Waals surface area (Å²) >= 11 is 5.72. The van der Waals surface area contributed by atoms with Gasteiger partial charge in [-0.15, -0.1) is 0 Å². The van der Waals surface area contributed by atoms with Crippen LogP contribution in [0.2, 0.25) is 5.15 Å². The van der Waals surface area contributed by atoms with Crippen molar-refractivity contribution in [3.05, 3.63) is 29.0 Å². The van der Waals surface area contributed by atoms with Crippen molar-refractivity contribution < 1.29 is 9.59 Å². The lowest BCUT2D eigenvalue weighted by molar-refractivity contribution is -0.130. The van der Waals surface area contributed by atoms with E-state index in [1.807, 2.05) is 11.8 Å². The summed E-state index contributed by atoms with van der Waals surface area (Å²) in [5.41, 5.74) is 0.532. The molecule has 1 aliphatic heterocycles. The monoisotopic (exact) mass is 295 g/mol. The molecule has 0 aliphatic carbocycles. The van der Waals surface area contributed by atoms with Crippen molar-refractivity contribution in [3.8, 4) is 0 Å². The topological polar surface area (TPSA) is 53.5 Å². The van der Waals surface area contributed by atoms with E-state index >= 15 is 0 Å². The highest BCUT2D eigenvalue weighted by atomic mass is 35.5. The van der Waals surface area contributed by atoms with E-state index in [2.05, 4.69) is 4.98 Å². The summed E-state index contributed by atoms with van der Waals surface area (Å²) in [6.07, 6.45) is 2.80. The van der Waals surface area contributed by atoms with Crippen LogP contribution in [0.25, 0.3) is 0 Å². The molecule has 0 atom stereocenters. The zero-order valence-corrected chi connectivity index (χ0v) is 12.3. The minimum absolute atomic E-state index is 0.0556. The van der Waals surface area contributed by atoms with Crippen molar-refractivity contribution in [2.75, 3.05) is 26.2 Å². The van der Waals surface area contributed by atoms with Gasteiger partial charge in [-0.3, -0.25) is 9.59 Å². The predicted octanol–water partition coefficient (Wildman–Crippen LogP) is 1.82. The molecule has 2 heterocycles. The highest BCUT2D eigenvalue weighted by Gasteiger charge is 2.22. The van der Waals surface area contributed by atoms with Gasteiger partial charge in [0.25, 0.3) is 5.91 Å². The molecule has 1 aromatic heterocycles. The fourth-order valence-electron chi connectivity index (χ4n) is 2.28. The highest BCUT2D eigenvalue weighted by molar-refractivity contribution is 6.29. The van der Waals surface area contributed by atoms with Crippen LogP contribution >= 0.6 is 11.6 Å². The van der Waals surface area contributed by atoms with Crippen molar-refractivity contribution in [1.29, 1.82) is 0 Å². The molecule has 0 unspecified atom stereocenters. The second-order valence-electron chi connectivity index (χ2n) is 4.75. The van der Waals surface area contributed by atoms with Crippen LogP contribution in [-0.4, -0.2) is 52.8 Å². The summed E-state index contributed by atoms with van der Waals surface area (Å²) < 4.78 is 0. The van der Waals surface area contributed by atoms with Gasteiger partial charge in [0.1, 0.15) is 5.15 Å². The van der Waals surface area contributed by atoms with Gasteiger partial charge in [-0.1, -0.05) is 18.5 Å². The van der Waals surface area contributed by atoms with Gasteiger partial charge < -0.3 is 9.80 Å². The number of carbonyl (C=O) groups excluding carboxylic acids is 2. The smallest absolute Gasteiger partial charge is 0.255 e. The van der Waals surface area contributed by atoms with Gasteiger partial charge in [0.05, 0.1) is 5.56 Å². The molecule has 0 radical (unpaired) electrons. The minimum Gasteiger partial charge on any atom is -0.341 e. The average molecular weight is 296 g/mol. The Hall–Kier alpha value is -1.62. The molecule has 5 nitrogen and oxygen atoms in total. The Morgan fingerprint density at radius 1 is 1.20 bits per heavy atom. The van der Waals surface area contributed by atoms with Crippen LogP contribution in [0, 0.1) is 0 Å². The Bertz CT molecular complexity index is 490. The quantitative estimate of drug-likeness (QED) is 0.782. The highest BCUT2D eigenvalue weighted by Crippen LogP contribution is 2.11. The summed E-state index contributed by atoms with van der Waals surface area (Å²) in [4.78, 5) is 31.6. The molecule has 2 rings (SSSR count). The van der Waals surface area contributed by atoms with Crippen LogP contribution in [0.15, 0.2) is 18.3 Å². The fourth-order valence-corrected chi connectivity index (χ4v) is 2.39. The first-order chi connectivity index (χ1) is 9.61. The number of rotatable bonds is 2. The molecule has 1 aliphatic rings. The summed E-state index contributed by atoms with van der Waals surface area (Å²) in [5, 5.41) is 0.372. The van der Waals surface area contributed by atoms with Gasteiger partial charge in [-0.2, -0.15) is 0 Å². The predicted molar refractivity (Wildman–Crippen MR) is 76.6 cm³/mol. The molecule has 108 valence electrons. The number of pyridine rings is 1. The molecule has 0 saturated carbocycles. The number of carbonyl (C=O) groups is 2. The summed E-state index contributed by atoms with van der Waals surface area (Å²) in [6, 6.07) is 3.29. The SMILES string of the molecule is CCC(=O)N1CCCN(C(=O)c2ccc(Cl)nc2)CC1. The van der Waals surface area contributed by atoms with E-state index in [0.717, 1.165) is 13.0 Å².